The van der Waals surface area contributed by atoms with Crippen LogP contribution in [0.1, 0.15) is 60.9 Å². The van der Waals surface area contributed by atoms with Crippen molar-refractivity contribution < 1.29 is 9.53 Å². The van der Waals surface area contributed by atoms with E-state index in [1.807, 2.05) is 30.3 Å². The van der Waals surface area contributed by atoms with Crippen molar-refractivity contribution in [2.75, 3.05) is 18.0 Å². The number of rotatable bonds is 6. The van der Waals surface area contributed by atoms with Gasteiger partial charge in [-0.1, -0.05) is 70.9 Å². The zero-order valence-corrected chi connectivity index (χ0v) is 19.2. The van der Waals surface area contributed by atoms with Crippen LogP contribution < -0.4 is 10.2 Å². The molecule has 5 radical (unpaired) electrons. The molecule has 0 aromatic heterocycles. The molecule has 1 saturated heterocycles. The minimum absolute atomic E-state index is 0. The summed E-state index contributed by atoms with van der Waals surface area (Å²) in [7, 11) is 0. The van der Waals surface area contributed by atoms with E-state index in [1.54, 1.807) is 0 Å². The van der Waals surface area contributed by atoms with Crippen LogP contribution in [0.15, 0.2) is 54.6 Å². The first kappa shape index (κ1) is 25.9. The number of ether oxygens (including phenoxy) is 1. The molecule has 1 N–H and O–H groups in total. The normalized spacial score (nSPS) is 19.2. The van der Waals surface area contributed by atoms with Crippen molar-refractivity contribution in [3.8, 4) is 0 Å². The predicted octanol–water partition coefficient (Wildman–Crippen LogP) is 5.79. The van der Waals surface area contributed by atoms with E-state index in [2.05, 4.69) is 40.9 Å². The zero-order chi connectivity index (χ0) is 20.6. The number of carbonyl (C=O) groups is 1. The molecule has 4 rings (SSSR count). The van der Waals surface area contributed by atoms with Crippen molar-refractivity contribution in [1.82, 2.24) is 5.32 Å². The molecule has 2 aromatic rings. The van der Waals surface area contributed by atoms with Gasteiger partial charge in [-0.15, -0.1) is 0 Å². The molecule has 1 heterocycles. The third-order valence-corrected chi connectivity index (χ3v) is 6.21. The van der Waals surface area contributed by atoms with Gasteiger partial charge in [-0.3, -0.25) is 4.79 Å². The summed E-state index contributed by atoms with van der Waals surface area (Å²) >= 11 is 0. The van der Waals surface area contributed by atoms with Gasteiger partial charge in [0.25, 0.3) is 5.91 Å². The van der Waals surface area contributed by atoms with E-state index >= 15 is 0 Å². The van der Waals surface area contributed by atoms with Gasteiger partial charge >= 0.3 is 0 Å². The highest BCUT2D eigenvalue weighted by Gasteiger charge is 2.23. The Morgan fingerprint density at radius 1 is 0.938 bits per heavy atom. The fraction of sp³-hybridized carbons (Fsp3) is 0.429. The Kier molecular flexibility index (Phi) is 10.8. The summed E-state index contributed by atoms with van der Waals surface area (Å²) in [5.74, 6) is 0.0360. The Bertz CT molecular complexity index is 783. The highest BCUT2D eigenvalue weighted by Crippen LogP contribution is 2.23. The number of hydrogen-bond acceptors (Lipinski definition) is 3. The lowest BCUT2D eigenvalue weighted by molar-refractivity contribution is 0.0553. The van der Waals surface area contributed by atoms with Gasteiger partial charge in [-0.2, -0.15) is 0 Å². The molecule has 4 heteroatoms. The van der Waals surface area contributed by atoms with Crippen LogP contribution in [0.3, 0.4) is 0 Å². The quantitative estimate of drug-likeness (QED) is 0.627. The van der Waals surface area contributed by atoms with Gasteiger partial charge in [0, 0.05) is 30.4 Å². The summed E-state index contributed by atoms with van der Waals surface area (Å²) in [5.41, 5.74) is 3.12. The zero-order valence-electron chi connectivity index (χ0n) is 19.2. The van der Waals surface area contributed by atoms with Gasteiger partial charge < -0.3 is 15.0 Å². The van der Waals surface area contributed by atoms with E-state index in [9.17, 15) is 4.79 Å². The molecule has 2 atom stereocenters. The number of nitrogens with zero attached hydrogens (tertiary/aromatic N) is 1. The fourth-order valence-electron chi connectivity index (χ4n) is 4.39. The first-order valence-electron chi connectivity index (χ1n) is 11.4. The minimum Gasteiger partial charge on any atom is -0.372 e. The second-order valence-corrected chi connectivity index (χ2v) is 8.51. The topological polar surface area (TPSA) is 41.6 Å². The van der Waals surface area contributed by atoms with Crippen LogP contribution in [0.5, 0.6) is 0 Å². The molecule has 2 fully saturated rings. The maximum atomic E-state index is 12.7. The van der Waals surface area contributed by atoms with Crippen LogP contribution in [0.4, 0.5) is 5.69 Å². The standard InChI is InChI=1S/C26H33N2O2.2CH2/c29-26(27-23-11-7-2-1-3-8-12-23)22-13-15-24(16-14-22)28-18-17-25(19-28)30-20-21-9-5-4-6-10-21;;/h4-6,9-11,13-16,23,25H,1-3,7-8,12,17-20H2,(H,27,29);2*1H2. The SMILES string of the molecule is O=C(NC1[CH]CCCCCC1)c1ccc(N2CCC(OCc3ccccc3)C2)cc1.[CH2].[CH2]. The number of anilines is 1. The number of benzene rings is 2. The monoisotopic (exact) mass is 433 g/mol. The maximum absolute atomic E-state index is 12.7. The second-order valence-electron chi connectivity index (χ2n) is 8.51. The van der Waals surface area contributed by atoms with Crippen molar-refractivity contribution in [3.05, 3.63) is 87.0 Å². The summed E-state index contributed by atoms with van der Waals surface area (Å²) < 4.78 is 6.10. The van der Waals surface area contributed by atoms with E-state index in [0.717, 1.165) is 43.6 Å². The van der Waals surface area contributed by atoms with Crippen LogP contribution in [0.25, 0.3) is 0 Å². The van der Waals surface area contributed by atoms with E-state index in [4.69, 9.17) is 4.74 Å². The van der Waals surface area contributed by atoms with Crippen LogP contribution in [-0.2, 0) is 11.3 Å². The summed E-state index contributed by atoms with van der Waals surface area (Å²) in [6.07, 6.45) is 10.8. The summed E-state index contributed by atoms with van der Waals surface area (Å²) in [6.45, 7) is 2.55. The average molecular weight is 434 g/mol. The molecular weight excluding hydrogens is 396 g/mol. The third kappa shape index (κ3) is 7.37. The minimum atomic E-state index is 0. The molecule has 1 aliphatic heterocycles. The Balaban J connectivity index is 0.00000181. The average Bonchev–Trinajstić information content (AvgIpc) is 3.24. The Morgan fingerprint density at radius 2 is 1.69 bits per heavy atom. The van der Waals surface area contributed by atoms with Gasteiger partial charge in [-0.05, 0) is 55.5 Å². The fourth-order valence-corrected chi connectivity index (χ4v) is 4.39. The largest absolute Gasteiger partial charge is 0.372 e. The van der Waals surface area contributed by atoms with Crippen LogP contribution in [-0.4, -0.2) is 31.1 Å². The Morgan fingerprint density at radius 3 is 2.47 bits per heavy atom. The molecule has 2 aromatic carbocycles. The van der Waals surface area contributed by atoms with Gasteiger partial charge in [0.15, 0.2) is 0 Å². The van der Waals surface area contributed by atoms with Crippen molar-refractivity contribution in [1.29, 1.82) is 0 Å². The highest BCUT2D eigenvalue weighted by molar-refractivity contribution is 5.94. The second kappa shape index (κ2) is 13.3. The van der Waals surface area contributed by atoms with Crippen molar-refractivity contribution in [2.24, 2.45) is 0 Å². The molecule has 4 nitrogen and oxygen atoms in total. The van der Waals surface area contributed by atoms with E-state index < -0.39 is 0 Å². The molecule has 0 bridgehead atoms. The van der Waals surface area contributed by atoms with Crippen molar-refractivity contribution in [2.45, 2.75) is 63.7 Å². The number of hydrogen-bond donors (Lipinski definition) is 1. The van der Waals surface area contributed by atoms with Crippen LogP contribution >= 0.6 is 0 Å². The lowest BCUT2D eigenvalue weighted by Gasteiger charge is -2.21. The molecule has 2 unspecified atom stereocenters. The molecular formula is C28H37N2O2. The van der Waals surface area contributed by atoms with Gasteiger partial charge in [0.1, 0.15) is 0 Å². The van der Waals surface area contributed by atoms with Crippen LogP contribution in [0, 0.1) is 21.3 Å². The summed E-state index contributed by atoms with van der Waals surface area (Å²) in [5, 5.41) is 3.20. The van der Waals surface area contributed by atoms with Crippen LogP contribution in [0.2, 0.25) is 0 Å². The third-order valence-electron chi connectivity index (χ3n) is 6.21. The summed E-state index contributed by atoms with van der Waals surface area (Å²) in [6, 6.07) is 18.6. The first-order valence-corrected chi connectivity index (χ1v) is 11.4. The molecule has 1 aliphatic carbocycles. The Hall–Kier alpha value is -2.33. The highest BCUT2D eigenvalue weighted by atomic mass is 16.5. The van der Waals surface area contributed by atoms with Crippen molar-refractivity contribution >= 4 is 11.6 Å². The smallest absolute Gasteiger partial charge is 0.251 e. The number of nitrogens with one attached hydrogen (secondary N) is 1. The summed E-state index contributed by atoms with van der Waals surface area (Å²) in [4.78, 5) is 15.0. The van der Waals surface area contributed by atoms with Gasteiger partial charge in [-0.25, -0.2) is 0 Å². The van der Waals surface area contributed by atoms with E-state index in [1.165, 1.54) is 31.2 Å². The number of carbonyl (C=O) groups excluding carboxylic acids is 1. The number of amides is 1. The predicted molar refractivity (Wildman–Crippen MR) is 132 cm³/mol. The maximum Gasteiger partial charge on any atom is 0.251 e. The molecule has 0 spiro atoms. The van der Waals surface area contributed by atoms with Gasteiger partial charge in [0.05, 0.1) is 12.7 Å². The van der Waals surface area contributed by atoms with Gasteiger partial charge in [0.2, 0.25) is 0 Å². The molecule has 1 amide bonds. The molecule has 32 heavy (non-hydrogen) atoms. The molecule has 2 aliphatic rings. The van der Waals surface area contributed by atoms with Crippen molar-refractivity contribution in [3.63, 3.8) is 0 Å². The molecule has 171 valence electrons. The van der Waals surface area contributed by atoms with E-state index in [0.29, 0.717) is 6.61 Å². The molecule has 1 saturated carbocycles. The van der Waals surface area contributed by atoms with E-state index in [-0.39, 0.29) is 32.9 Å². The Labute approximate surface area is 195 Å². The lowest BCUT2D eigenvalue weighted by atomic mass is 9.96. The first-order chi connectivity index (χ1) is 14.8. The lowest BCUT2D eigenvalue weighted by Crippen LogP contribution is -2.35.